The third-order valence-electron chi connectivity index (χ3n) is 5.12. The highest BCUT2D eigenvalue weighted by atomic mass is 35.5. The highest BCUT2D eigenvalue weighted by molar-refractivity contribution is 8.00. The van der Waals surface area contributed by atoms with Gasteiger partial charge in [0, 0.05) is 17.0 Å². The van der Waals surface area contributed by atoms with E-state index in [2.05, 4.69) is 0 Å². The molecular weight excluding hydrogens is 413 g/mol. The first-order valence-corrected chi connectivity index (χ1v) is 12.5. The maximum atomic E-state index is 13.1. The molecule has 1 aliphatic heterocycles. The summed E-state index contributed by atoms with van der Waals surface area (Å²) in [5.41, 5.74) is 0. The van der Waals surface area contributed by atoms with Crippen molar-refractivity contribution in [1.82, 2.24) is 4.90 Å². The van der Waals surface area contributed by atoms with Crippen LogP contribution in [0.5, 0.6) is 0 Å². The summed E-state index contributed by atoms with van der Waals surface area (Å²) in [6.07, 6.45) is 5.84. The van der Waals surface area contributed by atoms with Gasteiger partial charge in [0.25, 0.3) is 0 Å². The SMILES string of the molecule is O=C(CSc1c(Cl)cccc1Cl)N(C1CCCCC1)C1CCS(=O)(=O)C1. The van der Waals surface area contributed by atoms with E-state index >= 15 is 0 Å². The average Bonchev–Trinajstić information content (AvgIpc) is 2.95. The number of sulfone groups is 1. The fraction of sp³-hybridized carbons (Fsp3) is 0.611. The third kappa shape index (κ3) is 4.89. The van der Waals surface area contributed by atoms with Gasteiger partial charge in [-0.05, 0) is 31.4 Å². The van der Waals surface area contributed by atoms with Gasteiger partial charge in [-0.1, -0.05) is 48.5 Å². The number of carbonyl (C=O) groups is 1. The van der Waals surface area contributed by atoms with Crippen molar-refractivity contribution in [2.75, 3.05) is 17.3 Å². The summed E-state index contributed by atoms with van der Waals surface area (Å²) < 4.78 is 23.9. The Balaban J connectivity index is 1.74. The number of amides is 1. The largest absolute Gasteiger partial charge is 0.335 e. The van der Waals surface area contributed by atoms with Gasteiger partial charge >= 0.3 is 0 Å². The van der Waals surface area contributed by atoms with Gasteiger partial charge in [0.05, 0.1) is 27.3 Å². The molecule has 26 heavy (non-hydrogen) atoms. The van der Waals surface area contributed by atoms with Crippen molar-refractivity contribution in [3.63, 3.8) is 0 Å². The molecule has 2 fully saturated rings. The summed E-state index contributed by atoms with van der Waals surface area (Å²) in [4.78, 5) is 15.6. The van der Waals surface area contributed by atoms with E-state index in [0.717, 1.165) is 25.7 Å². The van der Waals surface area contributed by atoms with Gasteiger partial charge in [0.15, 0.2) is 9.84 Å². The van der Waals surface area contributed by atoms with E-state index in [-0.39, 0.29) is 35.2 Å². The number of halogens is 2. The van der Waals surface area contributed by atoms with Crippen LogP contribution in [0.1, 0.15) is 38.5 Å². The summed E-state index contributed by atoms with van der Waals surface area (Å²) in [5, 5.41) is 1.06. The summed E-state index contributed by atoms with van der Waals surface area (Å²) in [7, 11) is -3.04. The predicted octanol–water partition coefficient (Wildman–Crippen LogP) is 4.43. The van der Waals surface area contributed by atoms with E-state index in [9.17, 15) is 13.2 Å². The predicted molar refractivity (Wildman–Crippen MR) is 108 cm³/mol. The van der Waals surface area contributed by atoms with Crippen LogP contribution in [0.25, 0.3) is 0 Å². The second kappa shape index (κ2) is 8.72. The number of nitrogens with zero attached hydrogens (tertiary/aromatic N) is 1. The lowest BCUT2D eigenvalue weighted by Gasteiger charge is -2.38. The molecule has 0 aromatic heterocycles. The highest BCUT2D eigenvalue weighted by Crippen LogP contribution is 2.35. The normalized spacial score (nSPS) is 23.1. The van der Waals surface area contributed by atoms with Gasteiger partial charge in [0.1, 0.15) is 0 Å². The van der Waals surface area contributed by atoms with Gasteiger partial charge in [-0.25, -0.2) is 8.42 Å². The quantitative estimate of drug-likeness (QED) is 0.641. The molecule has 1 unspecified atom stereocenters. The Kier molecular flexibility index (Phi) is 6.81. The maximum Gasteiger partial charge on any atom is 0.233 e. The van der Waals surface area contributed by atoms with Gasteiger partial charge in [0.2, 0.25) is 5.91 Å². The molecule has 144 valence electrons. The minimum absolute atomic E-state index is 0.0139. The van der Waals surface area contributed by atoms with E-state index < -0.39 is 9.84 Å². The van der Waals surface area contributed by atoms with Crippen molar-refractivity contribution < 1.29 is 13.2 Å². The molecule has 1 aromatic carbocycles. The molecule has 0 spiro atoms. The third-order valence-corrected chi connectivity index (χ3v) is 8.84. The number of rotatable bonds is 5. The zero-order chi connectivity index (χ0) is 18.7. The minimum Gasteiger partial charge on any atom is -0.335 e. The van der Waals surface area contributed by atoms with Crippen LogP contribution in [-0.2, 0) is 14.6 Å². The van der Waals surface area contributed by atoms with Crippen LogP contribution in [0.15, 0.2) is 23.1 Å². The molecule has 1 aliphatic carbocycles. The zero-order valence-corrected chi connectivity index (χ0v) is 17.6. The van der Waals surface area contributed by atoms with Crippen LogP contribution in [0, 0.1) is 0 Å². The van der Waals surface area contributed by atoms with Crippen molar-refractivity contribution >= 4 is 50.7 Å². The Labute approximate surface area is 169 Å². The Morgan fingerprint density at radius 2 is 1.73 bits per heavy atom. The Morgan fingerprint density at radius 1 is 1.08 bits per heavy atom. The minimum atomic E-state index is -3.04. The van der Waals surface area contributed by atoms with Crippen molar-refractivity contribution in [2.45, 2.75) is 55.5 Å². The lowest BCUT2D eigenvalue weighted by molar-refractivity contribution is -0.133. The fourth-order valence-corrected chi connectivity index (χ4v) is 7.15. The monoisotopic (exact) mass is 435 g/mol. The maximum absolute atomic E-state index is 13.1. The highest BCUT2D eigenvalue weighted by Gasteiger charge is 2.38. The molecule has 1 amide bonds. The van der Waals surface area contributed by atoms with E-state index in [0.29, 0.717) is 21.4 Å². The average molecular weight is 436 g/mol. The smallest absolute Gasteiger partial charge is 0.233 e. The molecule has 4 nitrogen and oxygen atoms in total. The molecule has 1 saturated heterocycles. The second-order valence-corrected chi connectivity index (χ2v) is 11.0. The first-order chi connectivity index (χ1) is 12.4. The summed E-state index contributed by atoms with van der Waals surface area (Å²) in [5.74, 6) is 0.473. The van der Waals surface area contributed by atoms with Crippen molar-refractivity contribution in [2.24, 2.45) is 0 Å². The van der Waals surface area contributed by atoms with E-state index in [1.807, 2.05) is 4.90 Å². The summed E-state index contributed by atoms with van der Waals surface area (Å²) >= 11 is 13.7. The molecule has 0 radical (unpaired) electrons. The van der Waals surface area contributed by atoms with E-state index in [4.69, 9.17) is 23.2 Å². The molecule has 1 atom stereocenters. The lowest BCUT2D eigenvalue weighted by Crippen LogP contribution is -2.49. The Morgan fingerprint density at radius 3 is 2.31 bits per heavy atom. The first kappa shape index (κ1) is 20.3. The molecule has 3 rings (SSSR count). The molecule has 8 heteroatoms. The van der Waals surface area contributed by atoms with Crippen LogP contribution < -0.4 is 0 Å². The van der Waals surface area contributed by atoms with Gasteiger partial charge < -0.3 is 4.90 Å². The van der Waals surface area contributed by atoms with Crippen LogP contribution in [0.3, 0.4) is 0 Å². The van der Waals surface area contributed by atoms with E-state index in [1.54, 1.807) is 18.2 Å². The van der Waals surface area contributed by atoms with E-state index in [1.165, 1.54) is 18.2 Å². The number of thioether (sulfide) groups is 1. The van der Waals surface area contributed by atoms with Crippen LogP contribution >= 0.6 is 35.0 Å². The molecule has 1 saturated carbocycles. The number of hydrogen-bond acceptors (Lipinski definition) is 4. The number of hydrogen-bond donors (Lipinski definition) is 0. The second-order valence-electron chi connectivity index (χ2n) is 6.99. The molecule has 0 N–H and O–H groups in total. The number of benzene rings is 1. The Bertz CT molecular complexity index is 743. The molecule has 2 aliphatic rings. The van der Waals surface area contributed by atoms with Gasteiger partial charge in [-0.15, -0.1) is 11.8 Å². The topological polar surface area (TPSA) is 54.5 Å². The van der Waals surface area contributed by atoms with Crippen LogP contribution in [0.4, 0.5) is 0 Å². The Hall–Kier alpha value is -0.430. The first-order valence-electron chi connectivity index (χ1n) is 8.96. The fourth-order valence-electron chi connectivity index (χ4n) is 3.89. The molecule has 0 bridgehead atoms. The van der Waals surface area contributed by atoms with Crippen LogP contribution in [0.2, 0.25) is 10.0 Å². The summed E-state index contributed by atoms with van der Waals surface area (Å²) in [6.45, 7) is 0. The van der Waals surface area contributed by atoms with Crippen LogP contribution in [-0.4, -0.2) is 48.6 Å². The lowest BCUT2D eigenvalue weighted by atomic mass is 9.93. The van der Waals surface area contributed by atoms with Gasteiger partial charge in [-0.2, -0.15) is 0 Å². The van der Waals surface area contributed by atoms with Crippen molar-refractivity contribution in [3.05, 3.63) is 28.2 Å². The van der Waals surface area contributed by atoms with Crippen molar-refractivity contribution in [3.8, 4) is 0 Å². The number of carbonyl (C=O) groups excluding carboxylic acids is 1. The zero-order valence-electron chi connectivity index (χ0n) is 14.5. The van der Waals surface area contributed by atoms with Gasteiger partial charge in [-0.3, -0.25) is 4.79 Å². The molecule has 1 heterocycles. The summed E-state index contributed by atoms with van der Waals surface area (Å²) in [6, 6.07) is 5.23. The van der Waals surface area contributed by atoms with Crippen molar-refractivity contribution in [1.29, 1.82) is 0 Å². The standard InChI is InChI=1S/C18H23Cl2NO3S2/c19-15-7-4-8-16(20)18(15)25-11-17(22)21(13-5-2-1-3-6-13)14-9-10-26(23,24)12-14/h4,7-8,13-14H,1-3,5-6,9-12H2. The molecule has 1 aromatic rings. The molecular formula is C18H23Cl2NO3S2.